The van der Waals surface area contributed by atoms with Gasteiger partial charge in [-0.2, -0.15) is 0 Å². The topological polar surface area (TPSA) is 243 Å². The molecule has 2 fully saturated rings. The minimum absolute atomic E-state index is 0.00260. The molecule has 1 aromatic carbocycles. The fraction of sp³-hybridized carbons (Fsp3) is 0.673. The Labute approximate surface area is 400 Å². The molecule has 2 aliphatic heterocycles. The number of likely N-dealkylation sites (N-methyl/N-ethyl adjacent to an activating group) is 2. The molecule has 19 nitrogen and oxygen atoms in total. The summed E-state index contributed by atoms with van der Waals surface area (Å²) in [4.78, 5) is 119. The number of para-hydroxylation sites is 1. The molecule has 7 unspecified atom stereocenters. The molecule has 0 radical (unpaired) electrons. The van der Waals surface area contributed by atoms with Gasteiger partial charge in [-0.1, -0.05) is 73.1 Å². The van der Waals surface area contributed by atoms with Gasteiger partial charge in [0.25, 0.3) is 11.8 Å². The number of fused-ring (bicyclic) bond motifs is 1. The van der Waals surface area contributed by atoms with Gasteiger partial charge < -0.3 is 45.5 Å². The van der Waals surface area contributed by atoms with Crippen LogP contribution in [0.3, 0.4) is 0 Å². The Hall–Kier alpha value is -5.40. The molecule has 5 N–H and O–H groups in total. The second-order valence-corrected chi connectivity index (χ2v) is 19.2. The normalized spacial score (nSPS) is 18.9. The standard InChI is InChI=1S/C49H76N8O11/c1-12-30(6)44(55(9)49(65)42(28(2)3)53-48(64)43(29(4)5)54(8)23-16-20-41(61)68-57-38(58)21-22-39(57)59)37(66-10)26-40(60)56-24-15-19-36(56)45(67-11)31(7)47(63)52-35(46(50)62)25-32-27-51-34-18-14-13-17-33(32)34/h13-14,17-18,27-31,35-37,42-45,51H,12,15-16,19-26H2,1-11H3,(H2,50,62)(H,52,63)(H,53,64)/t30?,31?,35-,36?,37?,42-,43?,44?,45?/m0/s1. The van der Waals surface area contributed by atoms with Crippen LogP contribution in [0.25, 0.3) is 10.9 Å². The van der Waals surface area contributed by atoms with Crippen LogP contribution in [0.4, 0.5) is 0 Å². The van der Waals surface area contributed by atoms with Crippen molar-refractivity contribution in [1.29, 1.82) is 0 Å². The van der Waals surface area contributed by atoms with Gasteiger partial charge in [-0.25, -0.2) is 4.79 Å². The summed E-state index contributed by atoms with van der Waals surface area (Å²) < 4.78 is 12.0. The van der Waals surface area contributed by atoms with Crippen LogP contribution in [-0.4, -0.2) is 156 Å². The van der Waals surface area contributed by atoms with Gasteiger partial charge in [0.15, 0.2) is 0 Å². The number of rotatable bonds is 26. The maximum Gasteiger partial charge on any atom is 0.333 e. The minimum Gasteiger partial charge on any atom is -0.379 e. The van der Waals surface area contributed by atoms with Gasteiger partial charge >= 0.3 is 5.97 Å². The highest BCUT2D eigenvalue weighted by atomic mass is 16.7. The molecule has 68 heavy (non-hydrogen) atoms. The van der Waals surface area contributed by atoms with Crippen molar-refractivity contribution < 1.29 is 52.7 Å². The lowest BCUT2D eigenvalue weighted by molar-refractivity contribution is -0.197. The Kier molecular flexibility index (Phi) is 20.5. The number of hydrogen-bond acceptors (Lipinski definition) is 12. The van der Waals surface area contributed by atoms with E-state index in [0.717, 1.165) is 16.5 Å². The highest BCUT2D eigenvalue weighted by Gasteiger charge is 2.44. The molecule has 2 aromatic rings. The number of amides is 7. The molecule has 3 heterocycles. The Bertz CT molecular complexity index is 2080. The van der Waals surface area contributed by atoms with Crippen molar-refractivity contribution in [1.82, 2.24) is 35.4 Å². The molecule has 4 rings (SSSR count). The molecule has 1 aromatic heterocycles. The first-order chi connectivity index (χ1) is 32.2. The van der Waals surface area contributed by atoms with E-state index in [1.54, 1.807) is 41.9 Å². The number of hydrogen-bond donors (Lipinski definition) is 4. The van der Waals surface area contributed by atoms with E-state index in [2.05, 4.69) is 15.6 Å². The zero-order chi connectivity index (χ0) is 50.6. The molecular formula is C49H76N8O11. The van der Waals surface area contributed by atoms with E-state index in [1.807, 2.05) is 65.8 Å². The number of carbonyl (C=O) groups excluding carboxylic acids is 8. The van der Waals surface area contributed by atoms with Crippen LogP contribution in [0.2, 0.25) is 0 Å². The molecule has 2 saturated heterocycles. The number of hydroxylamine groups is 2. The number of nitrogens with one attached hydrogen (secondary N) is 3. The number of nitrogens with two attached hydrogens (primary N) is 1. The van der Waals surface area contributed by atoms with Gasteiger partial charge in [0.2, 0.25) is 29.5 Å². The number of aromatic nitrogens is 1. The second kappa shape index (κ2) is 25.3. The predicted molar refractivity (Wildman–Crippen MR) is 254 cm³/mol. The summed E-state index contributed by atoms with van der Waals surface area (Å²) in [7, 11) is 6.44. The van der Waals surface area contributed by atoms with Crippen molar-refractivity contribution in [2.24, 2.45) is 29.4 Å². The van der Waals surface area contributed by atoms with Gasteiger partial charge in [-0.3, -0.25) is 38.5 Å². The SMILES string of the molecule is CCC(C)C(C(CC(=O)N1CCCC1C(OC)C(C)C(=O)N[C@@H](Cc1c[nH]c2ccccc12)C(N)=O)OC)N(C)C(=O)[C@@H](NC(=O)C(C(C)C)N(C)CCCC(=O)ON1C(=O)CCC1=O)C(C)C. The molecule has 0 saturated carbocycles. The monoisotopic (exact) mass is 953 g/mol. The number of aromatic amines is 1. The molecule has 2 aliphatic rings. The van der Waals surface area contributed by atoms with Crippen LogP contribution in [0.5, 0.6) is 0 Å². The largest absolute Gasteiger partial charge is 0.379 e. The Morgan fingerprint density at radius 3 is 2.16 bits per heavy atom. The molecular weight excluding hydrogens is 877 g/mol. The zero-order valence-electron chi connectivity index (χ0n) is 41.9. The number of benzene rings is 1. The highest BCUT2D eigenvalue weighted by Crippen LogP contribution is 2.30. The quantitative estimate of drug-likeness (QED) is 0.0996. The van der Waals surface area contributed by atoms with E-state index in [9.17, 15) is 38.4 Å². The van der Waals surface area contributed by atoms with Crippen molar-refractivity contribution in [2.45, 2.75) is 149 Å². The number of imide groups is 1. The highest BCUT2D eigenvalue weighted by molar-refractivity contribution is 6.01. The van der Waals surface area contributed by atoms with Crippen LogP contribution in [0.15, 0.2) is 30.5 Å². The number of nitrogens with zero attached hydrogens (tertiary/aromatic N) is 4. The van der Waals surface area contributed by atoms with Gasteiger partial charge in [-0.05, 0) is 62.2 Å². The molecule has 378 valence electrons. The molecule has 9 atom stereocenters. The van der Waals surface area contributed by atoms with E-state index < -0.39 is 77.9 Å². The Morgan fingerprint density at radius 2 is 1.57 bits per heavy atom. The maximum absolute atomic E-state index is 14.6. The number of primary amides is 1. The average Bonchev–Trinajstić information content (AvgIpc) is 4.03. The van der Waals surface area contributed by atoms with E-state index in [4.69, 9.17) is 20.0 Å². The van der Waals surface area contributed by atoms with Crippen molar-refractivity contribution in [3.05, 3.63) is 36.0 Å². The molecule has 0 bridgehead atoms. The van der Waals surface area contributed by atoms with E-state index in [1.165, 1.54) is 14.2 Å². The second-order valence-electron chi connectivity index (χ2n) is 19.2. The summed E-state index contributed by atoms with van der Waals surface area (Å²) in [5, 5.41) is 7.29. The fourth-order valence-electron chi connectivity index (χ4n) is 9.75. The predicted octanol–water partition coefficient (Wildman–Crippen LogP) is 3.09. The van der Waals surface area contributed by atoms with Crippen LogP contribution in [-0.2, 0) is 59.1 Å². The van der Waals surface area contributed by atoms with Crippen molar-refractivity contribution >= 4 is 58.2 Å². The summed E-state index contributed by atoms with van der Waals surface area (Å²) in [5.41, 5.74) is 7.53. The van der Waals surface area contributed by atoms with Gasteiger partial charge in [0.1, 0.15) is 12.1 Å². The third kappa shape index (κ3) is 13.6. The fourth-order valence-corrected chi connectivity index (χ4v) is 9.75. The zero-order valence-corrected chi connectivity index (χ0v) is 41.9. The van der Waals surface area contributed by atoms with Crippen molar-refractivity contribution in [3.8, 4) is 0 Å². The van der Waals surface area contributed by atoms with Crippen LogP contribution in [0, 0.1) is 23.7 Å². The average molecular weight is 953 g/mol. The summed E-state index contributed by atoms with van der Waals surface area (Å²) in [6, 6.07) is 4.05. The number of carbonyl (C=O) groups is 8. The van der Waals surface area contributed by atoms with Crippen LogP contribution in [0.1, 0.15) is 105 Å². The summed E-state index contributed by atoms with van der Waals surface area (Å²) in [6.45, 7) is 13.9. The van der Waals surface area contributed by atoms with Crippen molar-refractivity contribution in [2.75, 3.05) is 41.4 Å². The number of ether oxygens (including phenoxy) is 2. The van der Waals surface area contributed by atoms with E-state index in [-0.39, 0.29) is 74.0 Å². The Morgan fingerprint density at radius 1 is 0.912 bits per heavy atom. The molecule has 19 heteroatoms. The number of likely N-dealkylation sites (tertiary alicyclic amines) is 1. The van der Waals surface area contributed by atoms with E-state index >= 15 is 0 Å². The van der Waals surface area contributed by atoms with Crippen molar-refractivity contribution in [3.63, 3.8) is 0 Å². The summed E-state index contributed by atoms with van der Waals surface area (Å²) in [6.07, 6.45) is 2.59. The molecule has 0 spiro atoms. The third-order valence-electron chi connectivity index (χ3n) is 13.7. The van der Waals surface area contributed by atoms with Crippen LogP contribution < -0.4 is 16.4 Å². The van der Waals surface area contributed by atoms with Gasteiger partial charge in [0.05, 0.1) is 42.7 Å². The van der Waals surface area contributed by atoms with Crippen LogP contribution >= 0.6 is 0 Å². The molecule has 7 amide bonds. The molecule has 0 aliphatic carbocycles. The smallest absolute Gasteiger partial charge is 0.333 e. The minimum atomic E-state index is -0.983. The summed E-state index contributed by atoms with van der Waals surface area (Å²) in [5.74, 6) is -5.27. The first-order valence-electron chi connectivity index (χ1n) is 24.0. The van der Waals surface area contributed by atoms with Gasteiger partial charge in [0, 0.05) is 70.6 Å². The number of methoxy groups -OCH3 is 2. The Balaban J connectivity index is 1.42. The number of H-pyrrole nitrogens is 1. The lowest BCUT2D eigenvalue weighted by Crippen LogP contribution is -2.60. The first kappa shape index (κ1) is 55.2. The first-order valence-corrected chi connectivity index (χ1v) is 24.0. The lowest BCUT2D eigenvalue weighted by atomic mass is 9.89. The van der Waals surface area contributed by atoms with E-state index in [0.29, 0.717) is 37.4 Å². The maximum atomic E-state index is 14.6. The lowest BCUT2D eigenvalue weighted by Gasteiger charge is -2.41. The third-order valence-corrected chi connectivity index (χ3v) is 13.7. The van der Waals surface area contributed by atoms with Gasteiger partial charge in [-0.15, -0.1) is 5.06 Å². The summed E-state index contributed by atoms with van der Waals surface area (Å²) >= 11 is 0.